The standard InChI is InChI=1S/C23H34N4O3/c1-4-8-19(26-22(29)15(3)24-5-2)23(30)27-12-11-21(28)20(27)13-16-14-25-18-10-7-6-9-17(16)18/h6-7,9-10,14-15,19-21,24-25,28H,4-5,8,11-13H2,1-3H3,(H,26,29)/t15-,19-,20-,21?/m0/s1. The van der Waals surface area contributed by atoms with Crippen LogP contribution in [0.2, 0.25) is 0 Å². The number of carbonyl (C=O) groups is 2. The number of aromatic amines is 1. The van der Waals surface area contributed by atoms with Crippen molar-refractivity contribution in [3.8, 4) is 0 Å². The third kappa shape index (κ3) is 4.84. The smallest absolute Gasteiger partial charge is 0.245 e. The van der Waals surface area contributed by atoms with Gasteiger partial charge in [-0.05, 0) is 44.4 Å². The van der Waals surface area contributed by atoms with Gasteiger partial charge in [0.15, 0.2) is 0 Å². The van der Waals surface area contributed by atoms with Crippen molar-refractivity contribution >= 4 is 22.7 Å². The SMILES string of the molecule is CCC[C@H](NC(=O)[C@H](C)NCC)C(=O)N1CCC(O)[C@@H]1Cc1c[nH]c2ccccc12. The molecule has 0 saturated carbocycles. The predicted molar refractivity (Wildman–Crippen MR) is 118 cm³/mol. The van der Waals surface area contributed by atoms with Crippen molar-refractivity contribution in [3.05, 3.63) is 36.0 Å². The van der Waals surface area contributed by atoms with Crippen molar-refractivity contribution in [2.75, 3.05) is 13.1 Å². The van der Waals surface area contributed by atoms with Gasteiger partial charge < -0.3 is 25.6 Å². The molecule has 0 spiro atoms. The summed E-state index contributed by atoms with van der Waals surface area (Å²) in [7, 11) is 0. The number of fused-ring (bicyclic) bond motifs is 1. The first-order valence-electron chi connectivity index (χ1n) is 11.0. The Kier molecular flexibility index (Phi) is 7.50. The number of nitrogens with one attached hydrogen (secondary N) is 3. The lowest BCUT2D eigenvalue weighted by molar-refractivity contribution is -0.138. The first-order chi connectivity index (χ1) is 14.5. The van der Waals surface area contributed by atoms with Gasteiger partial charge in [-0.3, -0.25) is 9.59 Å². The number of hydrogen-bond acceptors (Lipinski definition) is 4. The Bertz CT molecular complexity index is 865. The molecule has 0 bridgehead atoms. The van der Waals surface area contributed by atoms with Crippen molar-refractivity contribution in [2.45, 2.75) is 70.7 Å². The van der Waals surface area contributed by atoms with Gasteiger partial charge in [-0.2, -0.15) is 0 Å². The molecule has 1 fully saturated rings. The number of hydrogen-bond donors (Lipinski definition) is 4. The molecule has 164 valence electrons. The Morgan fingerprint density at radius 1 is 1.30 bits per heavy atom. The van der Waals surface area contributed by atoms with Crippen LogP contribution in [-0.2, 0) is 16.0 Å². The number of nitrogens with zero attached hydrogens (tertiary/aromatic N) is 1. The van der Waals surface area contributed by atoms with E-state index < -0.39 is 12.1 Å². The molecule has 7 heteroatoms. The van der Waals surface area contributed by atoms with Gasteiger partial charge >= 0.3 is 0 Å². The highest BCUT2D eigenvalue weighted by Gasteiger charge is 2.39. The van der Waals surface area contributed by atoms with E-state index in [1.54, 1.807) is 11.8 Å². The zero-order chi connectivity index (χ0) is 21.7. The fourth-order valence-corrected chi connectivity index (χ4v) is 4.32. The van der Waals surface area contributed by atoms with Crippen LogP contribution in [0.4, 0.5) is 0 Å². The van der Waals surface area contributed by atoms with E-state index in [0.717, 1.165) is 22.9 Å². The Morgan fingerprint density at radius 2 is 2.07 bits per heavy atom. The molecule has 30 heavy (non-hydrogen) atoms. The molecular formula is C23H34N4O3. The summed E-state index contributed by atoms with van der Waals surface area (Å²) in [6, 6.07) is 6.83. The maximum Gasteiger partial charge on any atom is 0.245 e. The molecule has 2 amide bonds. The van der Waals surface area contributed by atoms with E-state index in [1.165, 1.54) is 0 Å². The van der Waals surface area contributed by atoms with E-state index >= 15 is 0 Å². The fourth-order valence-electron chi connectivity index (χ4n) is 4.32. The lowest BCUT2D eigenvalue weighted by Crippen LogP contribution is -2.54. The molecule has 7 nitrogen and oxygen atoms in total. The number of rotatable bonds is 9. The van der Waals surface area contributed by atoms with Crippen molar-refractivity contribution in [3.63, 3.8) is 0 Å². The summed E-state index contributed by atoms with van der Waals surface area (Å²) in [5, 5.41) is 17.7. The van der Waals surface area contributed by atoms with Gasteiger partial charge in [-0.1, -0.05) is 38.5 Å². The topological polar surface area (TPSA) is 97.5 Å². The molecule has 1 aliphatic heterocycles. The number of aliphatic hydroxyl groups excluding tert-OH is 1. The summed E-state index contributed by atoms with van der Waals surface area (Å²) in [5.74, 6) is -0.271. The second kappa shape index (κ2) is 10.1. The van der Waals surface area contributed by atoms with E-state index in [2.05, 4.69) is 21.7 Å². The number of aliphatic hydroxyl groups is 1. The second-order valence-corrected chi connectivity index (χ2v) is 8.15. The quantitative estimate of drug-likeness (QED) is 0.504. The average Bonchev–Trinajstić information content (AvgIpc) is 3.31. The van der Waals surface area contributed by atoms with Crippen LogP contribution in [0.1, 0.15) is 45.6 Å². The van der Waals surface area contributed by atoms with Gasteiger partial charge in [-0.25, -0.2) is 0 Å². The van der Waals surface area contributed by atoms with Crippen LogP contribution in [0, 0.1) is 0 Å². The number of aromatic nitrogens is 1. The van der Waals surface area contributed by atoms with Crippen LogP contribution < -0.4 is 10.6 Å². The number of likely N-dealkylation sites (tertiary alicyclic amines) is 1. The predicted octanol–water partition coefficient (Wildman–Crippen LogP) is 1.96. The van der Waals surface area contributed by atoms with Crippen molar-refractivity contribution in [1.29, 1.82) is 0 Å². The Labute approximate surface area is 178 Å². The van der Waals surface area contributed by atoms with Crippen LogP contribution in [0.25, 0.3) is 10.9 Å². The molecule has 1 aliphatic rings. The zero-order valence-corrected chi connectivity index (χ0v) is 18.1. The number of amides is 2. The maximum atomic E-state index is 13.4. The number of likely N-dealkylation sites (N-methyl/N-ethyl adjacent to an activating group) is 1. The van der Waals surface area contributed by atoms with Crippen LogP contribution in [-0.4, -0.2) is 64.1 Å². The number of para-hydroxylation sites is 1. The van der Waals surface area contributed by atoms with Gasteiger partial charge in [0.25, 0.3) is 0 Å². The summed E-state index contributed by atoms with van der Waals surface area (Å²) in [4.78, 5) is 30.9. The molecule has 1 aromatic carbocycles. The summed E-state index contributed by atoms with van der Waals surface area (Å²) in [6.45, 7) is 6.94. The molecule has 4 N–H and O–H groups in total. The molecule has 1 aromatic heterocycles. The largest absolute Gasteiger partial charge is 0.391 e. The molecule has 2 heterocycles. The van der Waals surface area contributed by atoms with Crippen LogP contribution in [0.5, 0.6) is 0 Å². The fraction of sp³-hybridized carbons (Fsp3) is 0.565. The Balaban J connectivity index is 1.75. The Hall–Kier alpha value is -2.38. The Morgan fingerprint density at radius 3 is 2.80 bits per heavy atom. The van der Waals surface area contributed by atoms with E-state index in [1.807, 2.05) is 38.2 Å². The van der Waals surface area contributed by atoms with Gasteiger partial charge in [-0.15, -0.1) is 0 Å². The summed E-state index contributed by atoms with van der Waals surface area (Å²) in [5.41, 5.74) is 2.14. The highest BCUT2D eigenvalue weighted by atomic mass is 16.3. The number of carbonyl (C=O) groups excluding carboxylic acids is 2. The molecular weight excluding hydrogens is 380 g/mol. The molecule has 3 rings (SSSR count). The minimum absolute atomic E-state index is 0.102. The third-order valence-corrected chi connectivity index (χ3v) is 5.99. The third-order valence-electron chi connectivity index (χ3n) is 5.99. The lowest BCUT2D eigenvalue weighted by Gasteiger charge is -2.31. The molecule has 4 atom stereocenters. The van der Waals surface area contributed by atoms with E-state index in [-0.39, 0.29) is 23.9 Å². The lowest BCUT2D eigenvalue weighted by atomic mass is 10.0. The average molecular weight is 415 g/mol. The van der Waals surface area contributed by atoms with Gasteiger partial charge in [0, 0.05) is 23.6 Å². The van der Waals surface area contributed by atoms with E-state index in [0.29, 0.717) is 32.4 Å². The van der Waals surface area contributed by atoms with Gasteiger partial charge in [0.05, 0.1) is 18.2 Å². The summed E-state index contributed by atoms with van der Waals surface area (Å²) >= 11 is 0. The van der Waals surface area contributed by atoms with Gasteiger partial charge in [0.1, 0.15) is 6.04 Å². The maximum absolute atomic E-state index is 13.4. The van der Waals surface area contributed by atoms with Crippen molar-refractivity contribution in [1.82, 2.24) is 20.5 Å². The van der Waals surface area contributed by atoms with Crippen molar-refractivity contribution in [2.24, 2.45) is 0 Å². The highest BCUT2D eigenvalue weighted by Crippen LogP contribution is 2.27. The molecule has 1 unspecified atom stereocenters. The number of H-pyrrole nitrogens is 1. The van der Waals surface area contributed by atoms with Crippen LogP contribution >= 0.6 is 0 Å². The van der Waals surface area contributed by atoms with Crippen molar-refractivity contribution < 1.29 is 14.7 Å². The van der Waals surface area contributed by atoms with E-state index in [4.69, 9.17) is 0 Å². The van der Waals surface area contributed by atoms with Gasteiger partial charge in [0.2, 0.25) is 11.8 Å². The number of benzene rings is 1. The minimum atomic E-state index is -0.570. The first kappa shape index (κ1) is 22.3. The normalized spacial score (nSPS) is 21.0. The molecule has 1 saturated heterocycles. The molecule has 0 aliphatic carbocycles. The second-order valence-electron chi connectivity index (χ2n) is 8.15. The monoisotopic (exact) mass is 414 g/mol. The molecule has 2 aromatic rings. The summed E-state index contributed by atoms with van der Waals surface area (Å²) in [6.07, 6.45) is 3.89. The van der Waals surface area contributed by atoms with E-state index in [9.17, 15) is 14.7 Å². The highest BCUT2D eigenvalue weighted by molar-refractivity contribution is 5.90. The zero-order valence-electron chi connectivity index (χ0n) is 18.1. The van der Waals surface area contributed by atoms with Crippen LogP contribution in [0.3, 0.4) is 0 Å². The minimum Gasteiger partial charge on any atom is -0.391 e. The summed E-state index contributed by atoms with van der Waals surface area (Å²) < 4.78 is 0. The molecule has 0 radical (unpaired) electrons. The van der Waals surface area contributed by atoms with Crippen LogP contribution in [0.15, 0.2) is 30.5 Å². The first-order valence-corrected chi connectivity index (χ1v) is 11.0.